The molecule has 0 aliphatic rings. The summed E-state index contributed by atoms with van der Waals surface area (Å²) in [5.41, 5.74) is 6.81. The summed E-state index contributed by atoms with van der Waals surface area (Å²) in [5.74, 6) is 0.191. The van der Waals surface area contributed by atoms with Crippen molar-refractivity contribution in [2.75, 3.05) is 18.8 Å². The van der Waals surface area contributed by atoms with Crippen molar-refractivity contribution in [1.29, 1.82) is 0 Å². The topological polar surface area (TPSA) is 101 Å². The molecule has 0 atom stereocenters. The first-order chi connectivity index (χ1) is 9.70. The Morgan fingerprint density at radius 3 is 2.52 bits per heavy atom. The molecular formula is C14H23N3O3S. The van der Waals surface area contributed by atoms with E-state index in [-0.39, 0.29) is 23.8 Å². The lowest BCUT2D eigenvalue weighted by Crippen LogP contribution is -2.32. The van der Waals surface area contributed by atoms with E-state index in [9.17, 15) is 13.2 Å². The van der Waals surface area contributed by atoms with Gasteiger partial charge in [0.05, 0.1) is 4.90 Å². The number of aryl methyl sites for hydroxylation is 1. The Hall–Kier alpha value is -1.60. The van der Waals surface area contributed by atoms with Gasteiger partial charge >= 0.3 is 0 Å². The van der Waals surface area contributed by atoms with Crippen LogP contribution < -0.4 is 15.8 Å². The quantitative estimate of drug-likeness (QED) is 0.654. The van der Waals surface area contributed by atoms with Crippen molar-refractivity contribution in [1.82, 2.24) is 10.0 Å². The number of hydrogen-bond acceptors (Lipinski definition) is 4. The zero-order valence-corrected chi connectivity index (χ0v) is 13.5. The van der Waals surface area contributed by atoms with Crippen LogP contribution in [0.3, 0.4) is 0 Å². The van der Waals surface area contributed by atoms with E-state index < -0.39 is 10.0 Å². The molecule has 1 amide bonds. The van der Waals surface area contributed by atoms with Gasteiger partial charge < -0.3 is 11.1 Å². The smallest absolute Gasteiger partial charge is 0.240 e. The summed E-state index contributed by atoms with van der Waals surface area (Å²) in [5, 5.41) is 2.73. The lowest BCUT2D eigenvalue weighted by atomic mass is 10.2. The van der Waals surface area contributed by atoms with Gasteiger partial charge in [-0.25, -0.2) is 13.1 Å². The van der Waals surface area contributed by atoms with Crippen LogP contribution in [0.25, 0.3) is 0 Å². The van der Waals surface area contributed by atoms with Gasteiger partial charge in [0.25, 0.3) is 0 Å². The van der Waals surface area contributed by atoms with E-state index >= 15 is 0 Å². The first kappa shape index (κ1) is 17.5. The number of rotatable bonds is 7. The third-order valence-corrected chi connectivity index (χ3v) is 4.18. The van der Waals surface area contributed by atoms with Gasteiger partial charge in [0.1, 0.15) is 0 Å². The SMILES string of the molecule is Cc1cc(N)cc(S(=O)(=O)NCCC(=O)NCC(C)C)c1. The molecule has 4 N–H and O–H groups in total. The predicted octanol–water partition coefficient (Wildman–Crippen LogP) is 1.02. The van der Waals surface area contributed by atoms with Crippen molar-refractivity contribution in [3.63, 3.8) is 0 Å². The Morgan fingerprint density at radius 2 is 1.95 bits per heavy atom. The van der Waals surface area contributed by atoms with Crippen molar-refractivity contribution in [3.05, 3.63) is 23.8 Å². The number of amides is 1. The first-order valence-electron chi connectivity index (χ1n) is 6.84. The number of nitrogen functional groups attached to an aromatic ring is 1. The third kappa shape index (κ3) is 6.14. The Balaban J connectivity index is 2.55. The molecule has 21 heavy (non-hydrogen) atoms. The molecule has 0 fully saturated rings. The molecule has 0 aliphatic heterocycles. The number of benzene rings is 1. The van der Waals surface area contributed by atoms with Gasteiger partial charge in [-0.15, -0.1) is 0 Å². The number of hydrogen-bond donors (Lipinski definition) is 3. The average Bonchev–Trinajstić information content (AvgIpc) is 2.35. The molecule has 118 valence electrons. The summed E-state index contributed by atoms with van der Waals surface area (Å²) in [6.45, 7) is 6.39. The zero-order valence-electron chi connectivity index (χ0n) is 12.6. The maximum atomic E-state index is 12.1. The van der Waals surface area contributed by atoms with E-state index in [2.05, 4.69) is 10.0 Å². The normalized spacial score (nSPS) is 11.6. The van der Waals surface area contributed by atoms with Crippen LogP contribution in [0.4, 0.5) is 5.69 Å². The molecule has 7 heteroatoms. The van der Waals surface area contributed by atoms with E-state index in [0.717, 1.165) is 5.56 Å². The van der Waals surface area contributed by atoms with Gasteiger partial charge in [0, 0.05) is 25.2 Å². The second-order valence-corrected chi connectivity index (χ2v) is 7.19. The Morgan fingerprint density at radius 1 is 1.29 bits per heavy atom. The molecular weight excluding hydrogens is 290 g/mol. The summed E-state index contributed by atoms with van der Waals surface area (Å²) >= 11 is 0. The van der Waals surface area contributed by atoms with Gasteiger partial charge in [0.15, 0.2) is 0 Å². The fourth-order valence-corrected chi connectivity index (χ4v) is 2.89. The highest BCUT2D eigenvalue weighted by molar-refractivity contribution is 7.89. The van der Waals surface area contributed by atoms with E-state index in [1.165, 1.54) is 12.1 Å². The fraction of sp³-hybridized carbons (Fsp3) is 0.500. The van der Waals surface area contributed by atoms with Crippen LogP contribution in [-0.4, -0.2) is 27.4 Å². The maximum absolute atomic E-state index is 12.1. The molecule has 1 rings (SSSR count). The number of nitrogens with one attached hydrogen (secondary N) is 2. The molecule has 0 saturated heterocycles. The first-order valence-corrected chi connectivity index (χ1v) is 8.32. The highest BCUT2D eigenvalue weighted by atomic mass is 32.2. The molecule has 1 aromatic rings. The number of sulfonamides is 1. The van der Waals surface area contributed by atoms with Crippen molar-refractivity contribution < 1.29 is 13.2 Å². The van der Waals surface area contributed by atoms with E-state index in [1.807, 2.05) is 13.8 Å². The minimum Gasteiger partial charge on any atom is -0.399 e. The van der Waals surface area contributed by atoms with Crippen LogP contribution >= 0.6 is 0 Å². The van der Waals surface area contributed by atoms with Crippen molar-refractivity contribution >= 4 is 21.6 Å². The van der Waals surface area contributed by atoms with E-state index in [0.29, 0.717) is 18.2 Å². The summed E-state index contributed by atoms with van der Waals surface area (Å²) < 4.78 is 26.6. The highest BCUT2D eigenvalue weighted by Gasteiger charge is 2.15. The van der Waals surface area contributed by atoms with Gasteiger partial charge in [0.2, 0.25) is 15.9 Å². The van der Waals surface area contributed by atoms with Crippen LogP contribution in [0, 0.1) is 12.8 Å². The van der Waals surface area contributed by atoms with Crippen molar-refractivity contribution in [2.24, 2.45) is 5.92 Å². The lowest BCUT2D eigenvalue weighted by molar-refractivity contribution is -0.121. The second-order valence-electron chi connectivity index (χ2n) is 5.43. The molecule has 0 radical (unpaired) electrons. The van der Waals surface area contributed by atoms with Crippen LogP contribution in [0.5, 0.6) is 0 Å². The molecule has 0 unspecified atom stereocenters. The zero-order chi connectivity index (χ0) is 16.0. The summed E-state index contributed by atoms with van der Waals surface area (Å²) in [4.78, 5) is 11.6. The summed E-state index contributed by atoms with van der Waals surface area (Å²) in [6, 6.07) is 4.63. The highest BCUT2D eigenvalue weighted by Crippen LogP contribution is 2.15. The minimum absolute atomic E-state index is 0.0557. The number of nitrogens with two attached hydrogens (primary N) is 1. The summed E-state index contributed by atoms with van der Waals surface area (Å²) in [6.07, 6.45) is 0.104. The monoisotopic (exact) mass is 313 g/mol. The standard InChI is InChI=1S/C14H23N3O3S/c1-10(2)9-16-14(18)4-5-17-21(19,20)13-7-11(3)6-12(15)8-13/h6-8,10,17H,4-5,9,15H2,1-3H3,(H,16,18). The van der Waals surface area contributed by atoms with Crippen LogP contribution in [0.1, 0.15) is 25.8 Å². The lowest BCUT2D eigenvalue weighted by Gasteiger charge is -2.10. The van der Waals surface area contributed by atoms with E-state index in [1.54, 1.807) is 13.0 Å². The van der Waals surface area contributed by atoms with Crippen LogP contribution in [-0.2, 0) is 14.8 Å². The molecule has 0 aromatic heterocycles. The summed E-state index contributed by atoms with van der Waals surface area (Å²) in [7, 11) is -3.64. The number of anilines is 1. The maximum Gasteiger partial charge on any atom is 0.240 e. The Labute approximate surface area is 126 Å². The van der Waals surface area contributed by atoms with Crippen molar-refractivity contribution in [2.45, 2.75) is 32.1 Å². The van der Waals surface area contributed by atoms with Gasteiger partial charge in [-0.3, -0.25) is 4.79 Å². The number of carbonyl (C=O) groups excluding carboxylic acids is 1. The predicted molar refractivity (Wildman–Crippen MR) is 83.2 cm³/mol. The van der Waals surface area contributed by atoms with Gasteiger partial charge in [-0.1, -0.05) is 13.8 Å². The van der Waals surface area contributed by atoms with Gasteiger partial charge in [-0.2, -0.15) is 0 Å². The van der Waals surface area contributed by atoms with E-state index in [4.69, 9.17) is 5.73 Å². The Kier molecular flexibility index (Phi) is 6.17. The molecule has 0 aliphatic carbocycles. The van der Waals surface area contributed by atoms with Crippen molar-refractivity contribution in [3.8, 4) is 0 Å². The third-order valence-electron chi connectivity index (χ3n) is 2.74. The molecule has 0 saturated carbocycles. The second kappa shape index (κ2) is 7.42. The molecule has 1 aromatic carbocycles. The molecule has 0 heterocycles. The molecule has 0 bridgehead atoms. The Bertz CT molecular complexity index is 577. The average molecular weight is 313 g/mol. The molecule has 6 nitrogen and oxygen atoms in total. The molecule has 0 spiro atoms. The van der Waals surface area contributed by atoms with Crippen LogP contribution in [0.2, 0.25) is 0 Å². The van der Waals surface area contributed by atoms with Crippen LogP contribution in [0.15, 0.2) is 23.1 Å². The fourth-order valence-electron chi connectivity index (χ4n) is 1.72. The largest absolute Gasteiger partial charge is 0.399 e. The number of carbonyl (C=O) groups is 1. The minimum atomic E-state index is -3.64. The van der Waals surface area contributed by atoms with Gasteiger partial charge in [-0.05, 0) is 36.6 Å².